The zero-order valence-electron chi connectivity index (χ0n) is 16.6. The Bertz CT molecular complexity index is 793. The largest absolute Gasteiger partial charge is 0.444 e. The summed E-state index contributed by atoms with van der Waals surface area (Å²) in [6, 6.07) is 8.12. The highest BCUT2D eigenvalue weighted by Gasteiger charge is 2.28. The molecule has 1 aromatic heterocycles. The molecule has 0 unspecified atom stereocenters. The van der Waals surface area contributed by atoms with E-state index in [1.807, 2.05) is 31.2 Å². The standard InChI is InChI=1S/C21H29N5O2/c1-3-22-21(25-13-12-23-19(27)16-8-9-16)24-11-10-18-14-28-20(26-18)17-6-4-15(2)5-7-17/h4-7,14,16H,3,8-13H2,1-2H3,(H,23,27)(H2,22,24,25). The van der Waals surface area contributed by atoms with Crippen LogP contribution in [-0.2, 0) is 11.2 Å². The number of amides is 1. The Morgan fingerprint density at radius 2 is 1.93 bits per heavy atom. The summed E-state index contributed by atoms with van der Waals surface area (Å²) in [7, 11) is 0. The molecule has 0 radical (unpaired) electrons. The summed E-state index contributed by atoms with van der Waals surface area (Å²) >= 11 is 0. The molecule has 1 saturated carbocycles. The van der Waals surface area contributed by atoms with Crippen LogP contribution in [0.2, 0.25) is 0 Å². The van der Waals surface area contributed by atoms with Crippen LogP contribution < -0.4 is 16.0 Å². The first-order valence-electron chi connectivity index (χ1n) is 9.97. The minimum absolute atomic E-state index is 0.166. The molecule has 1 aliphatic rings. The molecule has 150 valence electrons. The molecular weight excluding hydrogens is 354 g/mol. The number of benzene rings is 1. The van der Waals surface area contributed by atoms with Crippen molar-refractivity contribution in [2.24, 2.45) is 10.9 Å². The van der Waals surface area contributed by atoms with Gasteiger partial charge in [-0.25, -0.2) is 4.98 Å². The predicted molar refractivity (Wildman–Crippen MR) is 110 cm³/mol. The highest BCUT2D eigenvalue weighted by molar-refractivity contribution is 5.81. The van der Waals surface area contributed by atoms with Crippen LogP contribution in [0.25, 0.3) is 11.5 Å². The lowest BCUT2D eigenvalue weighted by atomic mass is 10.1. The molecule has 28 heavy (non-hydrogen) atoms. The quantitative estimate of drug-likeness (QED) is 0.351. The summed E-state index contributed by atoms with van der Waals surface area (Å²) < 4.78 is 5.59. The Labute approximate surface area is 166 Å². The van der Waals surface area contributed by atoms with Gasteiger partial charge in [-0.3, -0.25) is 9.79 Å². The van der Waals surface area contributed by atoms with Crippen molar-refractivity contribution in [1.29, 1.82) is 0 Å². The maximum absolute atomic E-state index is 11.6. The molecule has 0 saturated heterocycles. The molecule has 0 bridgehead atoms. The van der Waals surface area contributed by atoms with Gasteiger partial charge in [0.05, 0.1) is 5.69 Å². The van der Waals surface area contributed by atoms with Crippen molar-refractivity contribution < 1.29 is 9.21 Å². The van der Waals surface area contributed by atoms with Gasteiger partial charge in [-0.1, -0.05) is 17.7 Å². The van der Waals surface area contributed by atoms with Crippen LogP contribution in [0.1, 0.15) is 31.0 Å². The van der Waals surface area contributed by atoms with Gasteiger partial charge in [-0.05, 0) is 38.8 Å². The van der Waals surface area contributed by atoms with Crippen molar-refractivity contribution in [2.45, 2.75) is 33.1 Å². The summed E-state index contributed by atoms with van der Waals surface area (Å²) in [6.07, 6.45) is 4.44. The number of hydrogen-bond acceptors (Lipinski definition) is 4. The van der Waals surface area contributed by atoms with Crippen LogP contribution in [0.3, 0.4) is 0 Å². The summed E-state index contributed by atoms with van der Waals surface area (Å²) in [5.74, 6) is 1.79. The van der Waals surface area contributed by atoms with Crippen LogP contribution in [0, 0.1) is 12.8 Å². The Kier molecular flexibility index (Phi) is 7.06. The molecule has 1 aliphatic carbocycles. The molecule has 0 spiro atoms. The lowest BCUT2D eigenvalue weighted by molar-refractivity contribution is -0.122. The monoisotopic (exact) mass is 383 g/mol. The predicted octanol–water partition coefficient (Wildman–Crippen LogP) is 2.27. The lowest BCUT2D eigenvalue weighted by Gasteiger charge is -2.11. The van der Waals surface area contributed by atoms with Gasteiger partial charge in [0.25, 0.3) is 0 Å². The average Bonchev–Trinajstić information content (AvgIpc) is 3.45. The lowest BCUT2D eigenvalue weighted by Crippen LogP contribution is -2.41. The van der Waals surface area contributed by atoms with Gasteiger partial charge in [0.2, 0.25) is 11.8 Å². The highest BCUT2D eigenvalue weighted by atomic mass is 16.3. The van der Waals surface area contributed by atoms with Crippen LogP contribution in [0.4, 0.5) is 0 Å². The zero-order chi connectivity index (χ0) is 19.8. The summed E-state index contributed by atoms with van der Waals surface area (Å²) in [5, 5.41) is 9.39. The number of aryl methyl sites for hydroxylation is 1. The number of aliphatic imine (C=N–C) groups is 1. The van der Waals surface area contributed by atoms with E-state index < -0.39 is 0 Å². The second kappa shape index (κ2) is 9.92. The number of nitrogens with one attached hydrogen (secondary N) is 3. The number of rotatable bonds is 9. The fraction of sp³-hybridized carbons (Fsp3) is 0.476. The third-order valence-electron chi connectivity index (χ3n) is 4.50. The molecule has 7 heteroatoms. The second-order valence-electron chi connectivity index (χ2n) is 7.01. The summed E-state index contributed by atoms with van der Waals surface area (Å²) in [4.78, 5) is 20.7. The molecule has 1 heterocycles. The molecule has 3 rings (SSSR count). The highest BCUT2D eigenvalue weighted by Crippen LogP contribution is 2.28. The van der Waals surface area contributed by atoms with Gasteiger partial charge < -0.3 is 20.4 Å². The normalized spacial score (nSPS) is 14.0. The Hall–Kier alpha value is -2.83. The van der Waals surface area contributed by atoms with Gasteiger partial charge in [0, 0.05) is 44.1 Å². The smallest absolute Gasteiger partial charge is 0.226 e. The number of carbonyl (C=O) groups is 1. The van der Waals surface area contributed by atoms with Gasteiger partial charge in [-0.2, -0.15) is 0 Å². The molecule has 3 N–H and O–H groups in total. The van der Waals surface area contributed by atoms with Crippen LogP contribution in [0.15, 0.2) is 39.9 Å². The van der Waals surface area contributed by atoms with Crippen molar-refractivity contribution in [3.05, 3.63) is 41.8 Å². The summed E-state index contributed by atoms with van der Waals surface area (Å²) in [5.41, 5.74) is 3.07. The average molecular weight is 383 g/mol. The molecule has 1 aromatic carbocycles. The number of guanidine groups is 1. The SMILES string of the molecule is CCNC(=NCCc1coc(-c2ccc(C)cc2)n1)NCCNC(=O)C1CC1. The van der Waals surface area contributed by atoms with Gasteiger partial charge >= 0.3 is 0 Å². The fourth-order valence-electron chi connectivity index (χ4n) is 2.73. The molecule has 2 aromatic rings. The first-order valence-corrected chi connectivity index (χ1v) is 9.97. The van der Waals surface area contributed by atoms with Crippen molar-refractivity contribution in [2.75, 3.05) is 26.2 Å². The van der Waals surface area contributed by atoms with Crippen molar-refractivity contribution in [1.82, 2.24) is 20.9 Å². The Balaban J connectivity index is 1.44. The molecule has 0 atom stereocenters. The van der Waals surface area contributed by atoms with E-state index in [1.54, 1.807) is 6.26 Å². The van der Waals surface area contributed by atoms with E-state index in [2.05, 4.69) is 32.9 Å². The van der Waals surface area contributed by atoms with Crippen LogP contribution in [0.5, 0.6) is 0 Å². The second-order valence-corrected chi connectivity index (χ2v) is 7.01. The van der Waals surface area contributed by atoms with Gasteiger partial charge in [0.1, 0.15) is 6.26 Å². The number of carbonyl (C=O) groups excluding carboxylic acids is 1. The third kappa shape index (κ3) is 6.11. The molecule has 7 nitrogen and oxygen atoms in total. The number of oxazole rings is 1. The minimum atomic E-state index is 0.166. The Morgan fingerprint density at radius 3 is 2.64 bits per heavy atom. The molecule has 1 fully saturated rings. The third-order valence-corrected chi connectivity index (χ3v) is 4.50. The Morgan fingerprint density at radius 1 is 1.18 bits per heavy atom. The van der Waals surface area contributed by atoms with Crippen molar-refractivity contribution in [3.8, 4) is 11.5 Å². The minimum Gasteiger partial charge on any atom is -0.444 e. The van der Waals surface area contributed by atoms with E-state index in [-0.39, 0.29) is 11.8 Å². The van der Waals surface area contributed by atoms with Crippen LogP contribution >= 0.6 is 0 Å². The number of hydrogen-bond donors (Lipinski definition) is 3. The topological polar surface area (TPSA) is 91.6 Å². The van der Waals surface area contributed by atoms with E-state index in [1.165, 1.54) is 5.56 Å². The van der Waals surface area contributed by atoms with Crippen LogP contribution in [-0.4, -0.2) is 43.0 Å². The number of aromatic nitrogens is 1. The molecule has 1 amide bonds. The number of nitrogens with zero attached hydrogens (tertiary/aromatic N) is 2. The van der Waals surface area contributed by atoms with Crippen molar-refractivity contribution >= 4 is 11.9 Å². The van der Waals surface area contributed by atoms with E-state index in [0.717, 1.165) is 36.6 Å². The van der Waals surface area contributed by atoms with E-state index in [0.29, 0.717) is 31.9 Å². The fourth-order valence-corrected chi connectivity index (χ4v) is 2.73. The first-order chi connectivity index (χ1) is 13.7. The maximum atomic E-state index is 11.6. The zero-order valence-corrected chi connectivity index (χ0v) is 16.6. The molecule has 0 aliphatic heterocycles. The van der Waals surface area contributed by atoms with Gasteiger partial charge in [-0.15, -0.1) is 0 Å². The maximum Gasteiger partial charge on any atom is 0.226 e. The van der Waals surface area contributed by atoms with E-state index in [4.69, 9.17) is 4.42 Å². The molecular formula is C21H29N5O2. The first kappa shape index (κ1) is 19.9. The van der Waals surface area contributed by atoms with E-state index >= 15 is 0 Å². The van der Waals surface area contributed by atoms with E-state index in [9.17, 15) is 4.79 Å². The van der Waals surface area contributed by atoms with Gasteiger partial charge in [0.15, 0.2) is 5.96 Å². The summed E-state index contributed by atoms with van der Waals surface area (Å²) in [6.45, 7) is 6.71. The van der Waals surface area contributed by atoms with Crippen molar-refractivity contribution in [3.63, 3.8) is 0 Å².